The van der Waals surface area contributed by atoms with Crippen LogP contribution in [-0.4, -0.2) is 62.3 Å². The van der Waals surface area contributed by atoms with Crippen LogP contribution in [0.1, 0.15) is 40.0 Å². The molecule has 1 aliphatic heterocycles. The predicted molar refractivity (Wildman–Crippen MR) is 87.8 cm³/mol. The maximum Gasteiger partial charge on any atom is 0.191 e. The van der Waals surface area contributed by atoms with Crippen molar-refractivity contribution in [2.45, 2.75) is 52.2 Å². The van der Waals surface area contributed by atoms with E-state index in [4.69, 9.17) is 4.74 Å². The van der Waals surface area contributed by atoms with Gasteiger partial charge in [0.2, 0.25) is 0 Å². The smallest absolute Gasteiger partial charge is 0.191 e. The Balaban J connectivity index is 1.61. The molecule has 1 heterocycles. The molecule has 1 saturated carbocycles. The SMILES string of the molecule is CCNC(=NCC1CC1)NCCCN1CC(C)OC(C)C1. The average Bonchev–Trinajstić information content (AvgIpc) is 3.24. The molecule has 2 atom stereocenters. The highest BCUT2D eigenvalue weighted by Gasteiger charge is 2.22. The lowest BCUT2D eigenvalue weighted by molar-refractivity contribution is -0.0679. The highest BCUT2D eigenvalue weighted by atomic mass is 16.5. The zero-order valence-electron chi connectivity index (χ0n) is 13.9. The van der Waals surface area contributed by atoms with E-state index in [2.05, 4.69) is 41.3 Å². The third-order valence-electron chi connectivity index (χ3n) is 3.99. The summed E-state index contributed by atoms with van der Waals surface area (Å²) in [7, 11) is 0. The van der Waals surface area contributed by atoms with Crippen molar-refractivity contribution in [1.82, 2.24) is 15.5 Å². The van der Waals surface area contributed by atoms with Crippen molar-refractivity contribution in [3.8, 4) is 0 Å². The van der Waals surface area contributed by atoms with Gasteiger partial charge in [0.05, 0.1) is 12.2 Å². The van der Waals surface area contributed by atoms with E-state index in [1.165, 1.54) is 12.8 Å². The average molecular weight is 296 g/mol. The van der Waals surface area contributed by atoms with Crippen LogP contribution >= 0.6 is 0 Å². The third-order valence-corrected chi connectivity index (χ3v) is 3.99. The maximum atomic E-state index is 5.77. The van der Waals surface area contributed by atoms with E-state index in [0.717, 1.165) is 57.6 Å². The Hall–Kier alpha value is -0.810. The lowest BCUT2D eigenvalue weighted by Crippen LogP contribution is -2.46. The van der Waals surface area contributed by atoms with E-state index in [1.807, 2.05) is 0 Å². The first-order valence-corrected chi connectivity index (χ1v) is 8.57. The molecule has 0 aromatic carbocycles. The van der Waals surface area contributed by atoms with Gasteiger partial charge < -0.3 is 15.4 Å². The van der Waals surface area contributed by atoms with Crippen LogP contribution < -0.4 is 10.6 Å². The van der Waals surface area contributed by atoms with E-state index in [1.54, 1.807) is 0 Å². The number of nitrogens with one attached hydrogen (secondary N) is 2. The van der Waals surface area contributed by atoms with Crippen LogP contribution in [0.25, 0.3) is 0 Å². The van der Waals surface area contributed by atoms with Crippen LogP contribution in [0.2, 0.25) is 0 Å². The van der Waals surface area contributed by atoms with Gasteiger partial charge >= 0.3 is 0 Å². The highest BCUT2D eigenvalue weighted by Crippen LogP contribution is 2.28. The number of ether oxygens (including phenoxy) is 1. The first-order chi connectivity index (χ1) is 10.2. The molecule has 5 heteroatoms. The van der Waals surface area contributed by atoms with Gasteiger partial charge in [-0.2, -0.15) is 0 Å². The van der Waals surface area contributed by atoms with Gasteiger partial charge in [0.1, 0.15) is 0 Å². The first kappa shape index (κ1) is 16.6. The molecule has 1 aliphatic carbocycles. The maximum absolute atomic E-state index is 5.77. The van der Waals surface area contributed by atoms with Crippen molar-refractivity contribution < 1.29 is 4.74 Å². The van der Waals surface area contributed by atoms with Crippen LogP contribution in [0.5, 0.6) is 0 Å². The molecule has 2 unspecified atom stereocenters. The van der Waals surface area contributed by atoms with Gasteiger partial charge in [-0.15, -0.1) is 0 Å². The lowest BCUT2D eigenvalue weighted by atomic mass is 10.2. The van der Waals surface area contributed by atoms with Gasteiger partial charge in [-0.1, -0.05) is 0 Å². The summed E-state index contributed by atoms with van der Waals surface area (Å²) in [6.07, 6.45) is 4.58. The van der Waals surface area contributed by atoms with E-state index in [0.29, 0.717) is 12.2 Å². The van der Waals surface area contributed by atoms with E-state index < -0.39 is 0 Å². The Morgan fingerprint density at radius 2 is 1.90 bits per heavy atom. The Morgan fingerprint density at radius 1 is 1.19 bits per heavy atom. The van der Waals surface area contributed by atoms with Crippen molar-refractivity contribution in [2.75, 3.05) is 39.3 Å². The third kappa shape index (κ3) is 6.66. The zero-order valence-corrected chi connectivity index (χ0v) is 13.9. The molecule has 0 aromatic rings. The van der Waals surface area contributed by atoms with E-state index in [-0.39, 0.29) is 0 Å². The summed E-state index contributed by atoms with van der Waals surface area (Å²) in [6, 6.07) is 0. The van der Waals surface area contributed by atoms with Gasteiger partial charge in [-0.3, -0.25) is 9.89 Å². The van der Waals surface area contributed by atoms with Gasteiger partial charge in [-0.25, -0.2) is 0 Å². The highest BCUT2D eigenvalue weighted by molar-refractivity contribution is 5.79. The standard InChI is InChI=1S/C16H32N4O/c1-4-17-16(19-10-15-6-7-15)18-8-5-9-20-11-13(2)21-14(3)12-20/h13-15H,4-12H2,1-3H3,(H2,17,18,19). The van der Waals surface area contributed by atoms with Crippen LogP contribution in [-0.2, 0) is 4.74 Å². The van der Waals surface area contributed by atoms with Crippen molar-refractivity contribution in [3.63, 3.8) is 0 Å². The molecule has 5 nitrogen and oxygen atoms in total. The molecular formula is C16H32N4O. The largest absolute Gasteiger partial charge is 0.373 e. The Kier molecular flexibility index (Phi) is 6.77. The number of hydrogen-bond acceptors (Lipinski definition) is 3. The Morgan fingerprint density at radius 3 is 2.52 bits per heavy atom. The first-order valence-electron chi connectivity index (χ1n) is 8.57. The van der Waals surface area contributed by atoms with Gasteiger partial charge in [0.15, 0.2) is 5.96 Å². The summed E-state index contributed by atoms with van der Waals surface area (Å²) in [6.45, 7) is 12.6. The monoisotopic (exact) mass is 296 g/mol. The van der Waals surface area contributed by atoms with E-state index in [9.17, 15) is 0 Å². The van der Waals surface area contributed by atoms with Crippen LogP contribution in [0.15, 0.2) is 4.99 Å². The quantitative estimate of drug-likeness (QED) is 0.424. The molecule has 2 fully saturated rings. The molecular weight excluding hydrogens is 264 g/mol. The fraction of sp³-hybridized carbons (Fsp3) is 0.938. The molecule has 122 valence electrons. The summed E-state index contributed by atoms with van der Waals surface area (Å²) < 4.78 is 5.77. The van der Waals surface area contributed by atoms with Crippen LogP contribution in [0, 0.1) is 5.92 Å². The molecule has 0 bridgehead atoms. The summed E-state index contributed by atoms with van der Waals surface area (Å²) >= 11 is 0. The topological polar surface area (TPSA) is 48.9 Å². The second-order valence-electron chi connectivity index (χ2n) is 6.46. The van der Waals surface area contributed by atoms with Gasteiger partial charge in [0.25, 0.3) is 0 Å². The number of rotatable bonds is 7. The second-order valence-corrected chi connectivity index (χ2v) is 6.46. The summed E-state index contributed by atoms with van der Waals surface area (Å²) in [5.74, 6) is 1.82. The summed E-state index contributed by atoms with van der Waals surface area (Å²) in [4.78, 5) is 7.15. The normalized spacial score (nSPS) is 27.7. The number of aliphatic imine (C=N–C) groups is 1. The van der Waals surface area contributed by atoms with Crippen molar-refractivity contribution in [3.05, 3.63) is 0 Å². The number of guanidine groups is 1. The molecule has 21 heavy (non-hydrogen) atoms. The number of morpholine rings is 1. The molecule has 0 radical (unpaired) electrons. The zero-order chi connectivity index (χ0) is 15.1. The van der Waals surface area contributed by atoms with Crippen molar-refractivity contribution in [2.24, 2.45) is 10.9 Å². The molecule has 0 amide bonds. The minimum absolute atomic E-state index is 0.360. The predicted octanol–water partition coefficient (Wildman–Crippen LogP) is 1.45. The van der Waals surface area contributed by atoms with Crippen molar-refractivity contribution in [1.29, 1.82) is 0 Å². The lowest BCUT2D eigenvalue weighted by Gasteiger charge is -2.35. The van der Waals surface area contributed by atoms with Crippen LogP contribution in [0.4, 0.5) is 0 Å². The molecule has 2 aliphatic rings. The fourth-order valence-corrected chi connectivity index (χ4v) is 2.84. The summed E-state index contributed by atoms with van der Waals surface area (Å²) in [5, 5.41) is 6.77. The fourth-order valence-electron chi connectivity index (χ4n) is 2.84. The number of hydrogen-bond donors (Lipinski definition) is 2. The minimum Gasteiger partial charge on any atom is -0.373 e. The van der Waals surface area contributed by atoms with E-state index >= 15 is 0 Å². The van der Waals surface area contributed by atoms with Crippen molar-refractivity contribution >= 4 is 5.96 Å². The Labute approximate surface area is 129 Å². The minimum atomic E-state index is 0.360. The molecule has 0 spiro atoms. The molecule has 2 N–H and O–H groups in total. The Bertz CT molecular complexity index is 320. The molecule has 1 saturated heterocycles. The second kappa shape index (κ2) is 8.59. The molecule has 0 aromatic heterocycles. The van der Waals surface area contributed by atoms with Gasteiger partial charge in [0, 0.05) is 39.3 Å². The van der Waals surface area contributed by atoms with Crippen LogP contribution in [0.3, 0.4) is 0 Å². The molecule has 2 rings (SSSR count). The summed E-state index contributed by atoms with van der Waals surface area (Å²) in [5.41, 5.74) is 0. The number of nitrogens with zero attached hydrogens (tertiary/aromatic N) is 2. The van der Waals surface area contributed by atoms with Gasteiger partial charge in [-0.05, 0) is 46.0 Å².